The SMILES string of the molecule is CC(=O)Nc1cc(NC(=O)c2ccccc2C)ccc1F. The summed E-state index contributed by atoms with van der Waals surface area (Å²) in [6, 6.07) is 11.2. The maximum atomic E-state index is 13.5. The minimum Gasteiger partial charge on any atom is -0.324 e. The number of anilines is 2. The Morgan fingerprint density at radius 2 is 1.76 bits per heavy atom. The molecule has 0 aromatic heterocycles. The van der Waals surface area contributed by atoms with E-state index in [1.807, 2.05) is 19.1 Å². The van der Waals surface area contributed by atoms with Crippen LogP contribution in [0.4, 0.5) is 15.8 Å². The third-order valence-electron chi connectivity index (χ3n) is 2.92. The van der Waals surface area contributed by atoms with E-state index in [9.17, 15) is 14.0 Å². The van der Waals surface area contributed by atoms with Gasteiger partial charge in [0.25, 0.3) is 5.91 Å². The van der Waals surface area contributed by atoms with Gasteiger partial charge in [0.15, 0.2) is 0 Å². The molecule has 0 radical (unpaired) electrons. The zero-order valence-electron chi connectivity index (χ0n) is 11.7. The number of hydrogen-bond acceptors (Lipinski definition) is 2. The molecule has 0 saturated heterocycles. The first-order chi connectivity index (χ1) is 9.97. The van der Waals surface area contributed by atoms with Crippen LogP contribution in [0, 0.1) is 12.7 Å². The van der Waals surface area contributed by atoms with E-state index in [1.54, 1.807) is 12.1 Å². The van der Waals surface area contributed by atoms with Gasteiger partial charge in [0.2, 0.25) is 5.91 Å². The lowest BCUT2D eigenvalue weighted by molar-refractivity contribution is -0.114. The predicted octanol–water partition coefficient (Wildman–Crippen LogP) is 3.34. The quantitative estimate of drug-likeness (QED) is 0.909. The number of hydrogen-bond donors (Lipinski definition) is 2. The molecular formula is C16H15FN2O2. The Bertz CT molecular complexity index is 698. The highest BCUT2D eigenvalue weighted by Gasteiger charge is 2.10. The molecule has 2 rings (SSSR count). The minimum absolute atomic E-state index is 0.0325. The summed E-state index contributed by atoms with van der Waals surface area (Å²) in [5.41, 5.74) is 1.83. The van der Waals surface area contributed by atoms with Crippen LogP contribution in [0.5, 0.6) is 0 Å². The number of nitrogens with one attached hydrogen (secondary N) is 2. The molecule has 21 heavy (non-hydrogen) atoms. The molecule has 2 aromatic carbocycles. The molecule has 0 aliphatic rings. The summed E-state index contributed by atoms with van der Waals surface area (Å²) >= 11 is 0. The molecule has 0 unspecified atom stereocenters. The number of halogens is 1. The molecule has 108 valence electrons. The number of carbonyl (C=O) groups excluding carboxylic acids is 2. The highest BCUT2D eigenvalue weighted by Crippen LogP contribution is 2.20. The zero-order valence-corrected chi connectivity index (χ0v) is 11.7. The van der Waals surface area contributed by atoms with Crippen LogP contribution in [-0.4, -0.2) is 11.8 Å². The molecule has 0 atom stereocenters. The normalized spacial score (nSPS) is 10.0. The number of amides is 2. The van der Waals surface area contributed by atoms with E-state index in [0.717, 1.165) is 5.56 Å². The van der Waals surface area contributed by atoms with Crippen molar-refractivity contribution in [3.05, 3.63) is 59.4 Å². The Labute approximate surface area is 122 Å². The minimum atomic E-state index is -0.556. The maximum absolute atomic E-state index is 13.5. The van der Waals surface area contributed by atoms with E-state index in [4.69, 9.17) is 0 Å². The Kier molecular flexibility index (Phi) is 4.33. The molecule has 0 heterocycles. The van der Waals surface area contributed by atoms with Gasteiger partial charge in [-0.05, 0) is 36.8 Å². The zero-order chi connectivity index (χ0) is 15.4. The Hall–Kier alpha value is -2.69. The first kappa shape index (κ1) is 14.7. The van der Waals surface area contributed by atoms with Gasteiger partial charge >= 0.3 is 0 Å². The summed E-state index contributed by atoms with van der Waals surface area (Å²) in [6.07, 6.45) is 0. The fourth-order valence-corrected chi connectivity index (χ4v) is 1.91. The number of rotatable bonds is 3. The van der Waals surface area contributed by atoms with Crippen molar-refractivity contribution in [3.63, 3.8) is 0 Å². The smallest absolute Gasteiger partial charge is 0.255 e. The van der Waals surface area contributed by atoms with Crippen LogP contribution in [0.25, 0.3) is 0 Å². The molecule has 0 aliphatic heterocycles. The van der Waals surface area contributed by atoms with Gasteiger partial charge < -0.3 is 10.6 Å². The van der Waals surface area contributed by atoms with Crippen LogP contribution in [-0.2, 0) is 4.79 Å². The largest absolute Gasteiger partial charge is 0.324 e. The van der Waals surface area contributed by atoms with E-state index < -0.39 is 5.82 Å². The van der Waals surface area contributed by atoms with Crippen LogP contribution >= 0.6 is 0 Å². The topological polar surface area (TPSA) is 58.2 Å². The third-order valence-corrected chi connectivity index (χ3v) is 2.92. The second-order valence-electron chi connectivity index (χ2n) is 4.64. The van der Waals surface area contributed by atoms with Gasteiger partial charge in [-0.2, -0.15) is 0 Å². The van der Waals surface area contributed by atoms with Gasteiger partial charge in [-0.1, -0.05) is 18.2 Å². The van der Waals surface area contributed by atoms with Gasteiger partial charge in [-0.25, -0.2) is 4.39 Å². The summed E-state index contributed by atoms with van der Waals surface area (Å²) < 4.78 is 13.5. The number of carbonyl (C=O) groups is 2. The van der Waals surface area contributed by atoms with Crippen molar-refractivity contribution in [2.45, 2.75) is 13.8 Å². The molecule has 5 heteroatoms. The average molecular weight is 286 g/mol. The van der Waals surface area contributed by atoms with Crippen LogP contribution < -0.4 is 10.6 Å². The van der Waals surface area contributed by atoms with Crippen molar-refractivity contribution in [2.75, 3.05) is 10.6 Å². The third kappa shape index (κ3) is 3.66. The van der Waals surface area contributed by atoms with Crippen molar-refractivity contribution < 1.29 is 14.0 Å². The molecule has 2 N–H and O–H groups in total. The van der Waals surface area contributed by atoms with Gasteiger partial charge in [-0.3, -0.25) is 9.59 Å². The van der Waals surface area contributed by atoms with E-state index in [2.05, 4.69) is 10.6 Å². The Morgan fingerprint density at radius 1 is 1.05 bits per heavy atom. The highest BCUT2D eigenvalue weighted by molar-refractivity contribution is 6.05. The maximum Gasteiger partial charge on any atom is 0.255 e. The number of benzene rings is 2. The van der Waals surface area contributed by atoms with Crippen LogP contribution in [0.15, 0.2) is 42.5 Å². The standard InChI is InChI=1S/C16H15FN2O2/c1-10-5-3-4-6-13(10)16(21)19-12-7-8-14(17)15(9-12)18-11(2)20/h3-9H,1-2H3,(H,18,20)(H,19,21). The summed E-state index contributed by atoms with van der Waals surface area (Å²) in [5, 5.41) is 5.06. The highest BCUT2D eigenvalue weighted by atomic mass is 19.1. The average Bonchev–Trinajstić information content (AvgIpc) is 2.42. The fourth-order valence-electron chi connectivity index (χ4n) is 1.91. The Morgan fingerprint density at radius 3 is 2.43 bits per heavy atom. The van der Waals surface area contributed by atoms with E-state index in [1.165, 1.54) is 25.1 Å². The monoisotopic (exact) mass is 286 g/mol. The van der Waals surface area contributed by atoms with Crippen LogP contribution in [0.2, 0.25) is 0 Å². The predicted molar refractivity (Wildman–Crippen MR) is 79.8 cm³/mol. The van der Waals surface area contributed by atoms with Crippen molar-refractivity contribution in [1.29, 1.82) is 0 Å². The van der Waals surface area contributed by atoms with E-state index in [-0.39, 0.29) is 17.5 Å². The molecule has 2 amide bonds. The van der Waals surface area contributed by atoms with Crippen molar-refractivity contribution in [3.8, 4) is 0 Å². The molecular weight excluding hydrogens is 271 g/mol. The lowest BCUT2D eigenvalue weighted by atomic mass is 10.1. The molecule has 0 bridgehead atoms. The molecule has 2 aromatic rings. The van der Waals surface area contributed by atoms with Crippen LogP contribution in [0.3, 0.4) is 0 Å². The second-order valence-corrected chi connectivity index (χ2v) is 4.64. The fraction of sp³-hybridized carbons (Fsp3) is 0.125. The lowest BCUT2D eigenvalue weighted by Crippen LogP contribution is -2.14. The van der Waals surface area contributed by atoms with E-state index in [0.29, 0.717) is 11.3 Å². The summed E-state index contributed by atoms with van der Waals surface area (Å²) in [6.45, 7) is 3.13. The molecule has 0 saturated carbocycles. The van der Waals surface area contributed by atoms with Crippen molar-refractivity contribution >= 4 is 23.2 Å². The Balaban J connectivity index is 2.22. The molecule has 0 fully saturated rings. The van der Waals surface area contributed by atoms with Gasteiger partial charge in [-0.15, -0.1) is 0 Å². The molecule has 0 aliphatic carbocycles. The summed E-state index contributed by atoms with van der Waals surface area (Å²) in [7, 11) is 0. The summed E-state index contributed by atoms with van der Waals surface area (Å²) in [4.78, 5) is 23.2. The second kappa shape index (κ2) is 6.17. The van der Waals surface area contributed by atoms with Gasteiger partial charge in [0.05, 0.1) is 5.69 Å². The molecule has 0 spiro atoms. The lowest BCUT2D eigenvalue weighted by Gasteiger charge is -2.10. The van der Waals surface area contributed by atoms with Crippen molar-refractivity contribution in [1.82, 2.24) is 0 Å². The van der Waals surface area contributed by atoms with Gasteiger partial charge in [0.1, 0.15) is 5.82 Å². The van der Waals surface area contributed by atoms with E-state index >= 15 is 0 Å². The summed E-state index contributed by atoms with van der Waals surface area (Å²) in [5.74, 6) is -1.22. The molecule has 4 nitrogen and oxygen atoms in total. The first-order valence-electron chi connectivity index (χ1n) is 6.41. The van der Waals surface area contributed by atoms with Gasteiger partial charge in [0, 0.05) is 18.2 Å². The van der Waals surface area contributed by atoms with Crippen LogP contribution in [0.1, 0.15) is 22.8 Å². The first-order valence-corrected chi connectivity index (χ1v) is 6.41. The van der Waals surface area contributed by atoms with Crippen molar-refractivity contribution in [2.24, 2.45) is 0 Å². The number of aryl methyl sites for hydroxylation is 1.